The van der Waals surface area contributed by atoms with E-state index in [2.05, 4.69) is 27.2 Å². The van der Waals surface area contributed by atoms with Gasteiger partial charge in [0.25, 0.3) is 0 Å². The topological polar surface area (TPSA) is 53.2 Å². The molecular formula is C13H18N4O. The van der Waals surface area contributed by atoms with E-state index in [-0.39, 0.29) is 6.10 Å². The number of nitrogens with one attached hydrogen (secondary N) is 2. The van der Waals surface area contributed by atoms with Gasteiger partial charge in [-0.3, -0.25) is 0 Å². The van der Waals surface area contributed by atoms with Gasteiger partial charge in [0.05, 0.1) is 23.7 Å². The van der Waals surface area contributed by atoms with Crippen molar-refractivity contribution in [3.05, 3.63) is 24.3 Å². The second-order valence-corrected chi connectivity index (χ2v) is 4.74. The summed E-state index contributed by atoms with van der Waals surface area (Å²) in [5, 5.41) is 3.31. The number of aromatic nitrogens is 2. The molecule has 1 atom stereocenters. The van der Waals surface area contributed by atoms with Gasteiger partial charge < -0.3 is 19.9 Å². The Hall–Kier alpha value is -1.59. The molecule has 1 fully saturated rings. The molecular weight excluding hydrogens is 228 g/mol. The third-order valence-electron chi connectivity index (χ3n) is 3.23. The Bertz CT molecular complexity index is 491. The average Bonchev–Trinajstić information content (AvgIpc) is 2.79. The smallest absolute Gasteiger partial charge is 0.201 e. The molecule has 1 saturated heterocycles. The molecule has 5 heteroatoms. The first-order valence-electron chi connectivity index (χ1n) is 6.30. The third kappa shape index (κ3) is 2.47. The Balaban J connectivity index is 1.62. The Labute approximate surface area is 106 Å². The van der Waals surface area contributed by atoms with Crippen molar-refractivity contribution in [2.45, 2.75) is 6.10 Å². The summed E-state index contributed by atoms with van der Waals surface area (Å²) in [6.45, 7) is 3.57. The predicted octanol–water partition coefficient (Wildman–Crippen LogP) is 1.31. The van der Waals surface area contributed by atoms with E-state index in [1.54, 1.807) is 0 Å². The number of ether oxygens (including phenoxy) is 1. The van der Waals surface area contributed by atoms with Gasteiger partial charge in [0.15, 0.2) is 0 Å². The van der Waals surface area contributed by atoms with Gasteiger partial charge in [0.1, 0.15) is 0 Å². The fraction of sp³-hybridized carbons (Fsp3) is 0.462. The minimum absolute atomic E-state index is 0.233. The molecule has 0 amide bonds. The van der Waals surface area contributed by atoms with Crippen LogP contribution in [0.4, 0.5) is 5.95 Å². The van der Waals surface area contributed by atoms with Crippen LogP contribution in [-0.2, 0) is 4.74 Å². The van der Waals surface area contributed by atoms with Crippen molar-refractivity contribution >= 4 is 17.0 Å². The molecule has 0 bridgehead atoms. The standard InChI is InChI=1S/C13H18N4O/c1-17-6-7-18-10(9-17)8-14-13-15-11-4-2-3-5-12(11)16-13/h2-5,10H,6-9H2,1H3,(H2,14,15,16). The van der Waals surface area contributed by atoms with Crippen molar-refractivity contribution in [1.29, 1.82) is 0 Å². The van der Waals surface area contributed by atoms with Crippen LogP contribution in [0, 0.1) is 0 Å². The molecule has 2 N–H and O–H groups in total. The van der Waals surface area contributed by atoms with Crippen molar-refractivity contribution in [2.75, 3.05) is 38.6 Å². The van der Waals surface area contributed by atoms with Gasteiger partial charge in [-0.05, 0) is 19.2 Å². The quantitative estimate of drug-likeness (QED) is 0.857. The number of rotatable bonds is 3. The van der Waals surface area contributed by atoms with Crippen molar-refractivity contribution in [3.63, 3.8) is 0 Å². The number of imidazole rings is 1. The highest BCUT2D eigenvalue weighted by Gasteiger charge is 2.17. The van der Waals surface area contributed by atoms with Crippen molar-refractivity contribution in [3.8, 4) is 0 Å². The lowest BCUT2D eigenvalue weighted by Gasteiger charge is -2.29. The van der Waals surface area contributed by atoms with Crippen LogP contribution in [0.5, 0.6) is 0 Å². The highest BCUT2D eigenvalue weighted by atomic mass is 16.5. The second-order valence-electron chi connectivity index (χ2n) is 4.74. The summed E-state index contributed by atoms with van der Waals surface area (Å²) in [7, 11) is 2.12. The first kappa shape index (κ1) is 11.5. The van der Waals surface area contributed by atoms with E-state index in [1.165, 1.54) is 0 Å². The molecule has 1 aromatic carbocycles. The molecule has 1 aliphatic rings. The minimum atomic E-state index is 0.233. The summed E-state index contributed by atoms with van der Waals surface area (Å²) in [6.07, 6.45) is 0.233. The number of H-pyrrole nitrogens is 1. The Morgan fingerprint density at radius 1 is 1.50 bits per heavy atom. The number of likely N-dealkylation sites (N-methyl/N-ethyl adjacent to an activating group) is 1. The highest BCUT2D eigenvalue weighted by molar-refractivity contribution is 5.77. The Kier molecular flexibility index (Phi) is 3.17. The summed E-state index contributed by atoms with van der Waals surface area (Å²) in [6, 6.07) is 8.02. The summed E-state index contributed by atoms with van der Waals surface area (Å²) in [4.78, 5) is 10.0. The molecule has 5 nitrogen and oxygen atoms in total. The first-order valence-corrected chi connectivity index (χ1v) is 6.30. The average molecular weight is 246 g/mol. The molecule has 3 rings (SSSR count). The zero-order valence-corrected chi connectivity index (χ0v) is 10.5. The number of morpholine rings is 1. The number of aromatic amines is 1. The molecule has 0 saturated carbocycles. The zero-order chi connectivity index (χ0) is 12.4. The molecule has 18 heavy (non-hydrogen) atoms. The molecule has 1 unspecified atom stereocenters. The fourth-order valence-corrected chi connectivity index (χ4v) is 2.24. The summed E-state index contributed by atoms with van der Waals surface area (Å²) >= 11 is 0. The second kappa shape index (κ2) is 4.96. The maximum absolute atomic E-state index is 5.70. The summed E-state index contributed by atoms with van der Waals surface area (Å²) < 4.78 is 5.70. The molecule has 0 radical (unpaired) electrons. The van der Waals surface area contributed by atoms with E-state index >= 15 is 0 Å². The zero-order valence-electron chi connectivity index (χ0n) is 10.5. The van der Waals surface area contributed by atoms with Crippen LogP contribution in [0.25, 0.3) is 11.0 Å². The van der Waals surface area contributed by atoms with E-state index in [1.807, 2.05) is 24.3 Å². The molecule has 1 aromatic heterocycles. The molecule has 1 aliphatic heterocycles. The lowest BCUT2D eigenvalue weighted by molar-refractivity contribution is -0.0117. The Morgan fingerprint density at radius 3 is 3.22 bits per heavy atom. The van der Waals surface area contributed by atoms with Crippen LogP contribution in [0.3, 0.4) is 0 Å². The number of benzene rings is 1. The SMILES string of the molecule is CN1CCOC(CNc2nc3ccccc3[nH]2)C1. The Morgan fingerprint density at radius 2 is 2.39 bits per heavy atom. The lowest BCUT2D eigenvalue weighted by Crippen LogP contribution is -2.43. The van der Waals surface area contributed by atoms with Crippen LogP contribution < -0.4 is 5.32 Å². The highest BCUT2D eigenvalue weighted by Crippen LogP contribution is 2.13. The molecule has 2 aromatic rings. The fourth-order valence-electron chi connectivity index (χ4n) is 2.24. The predicted molar refractivity (Wildman–Crippen MR) is 71.8 cm³/mol. The maximum Gasteiger partial charge on any atom is 0.201 e. The van der Waals surface area contributed by atoms with Gasteiger partial charge in [0, 0.05) is 19.6 Å². The largest absolute Gasteiger partial charge is 0.374 e. The molecule has 96 valence electrons. The number of nitrogens with zero attached hydrogens (tertiary/aromatic N) is 2. The van der Waals surface area contributed by atoms with E-state index in [0.717, 1.165) is 43.2 Å². The number of fused-ring (bicyclic) bond motifs is 1. The van der Waals surface area contributed by atoms with Gasteiger partial charge in [-0.1, -0.05) is 12.1 Å². The van der Waals surface area contributed by atoms with E-state index in [0.29, 0.717) is 0 Å². The monoisotopic (exact) mass is 246 g/mol. The number of hydrogen-bond acceptors (Lipinski definition) is 4. The van der Waals surface area contributed by atoms with Crippen LogP contribution >= 0.6 is 0 Å². The van der Waals surface area contributed by atoms with Gasteiger partial charge in [-0.2, -0.15) is 0 Å². The minimum Gasteiger partial charge on any atom is -0.374 e. The summed E-state index contributed by atoms with van der Waals surface area (Å²) in [5.41, 5.74) is 2.04. The lowest BCUT2D eigenvalue weighted by atomic mass is 10.3. The van der Waals surface area contributed by atoms with Gasteiger partial charge >= 0.3 is 0 Å². The normalized spacial score (nSPS) is 21.3. The van der Waals surface area contributed by atoms with E-state index in [4.69, 9.17) is 4.74 Å². The molecule has 0 spiro atoms. The molecule has 0 aliphatic carbocycles. The van der Waals surface area contributed by atoms with Crippen molar-refractivity contribution < 1.29 is 4.74 Å². The number of para-hydroxylation sites is 2. The number of hydrogen-bond donors (Lipinski definition) is 2. The maximum atomic E-state index is 5.70. The van der Waals surface area contributed by atoms with Crippen LogP contribution in [0.15, 0.2) is 24.3 Å². The van der Waals surface area contributed by atoms with Crippen LogP contribution in [0.2, 0.25) is 0 Å². The first-order chi connectivity index (χ1) is 8.81. The van der Waals surface area contributed by atoms with E-state index in [9.17, 15) is 0 Å². The molecule has 2 heterocycles. The van der Waals surface area contributed by atoms with E-state index < -0.39 is 0 Å². The van der Waals surface area contributed by atoms with Crippen LogP contribution in [0.1, 0.15) is 0 Å². The van der Waals surface area contributed by atoms with Gasteiger partial charge in [-0.15, -0.1) is 0 Å². The van der Waals surface area contributed by atoms with Crippen molar-refractivity contribution in [2.24, 2.45) is 0 Å². The number of anilines is 1. The third-order valence-corrected chi connectivity index (χ3v) is 3.23. The van der Waals surface area contributed by atoms with Crippen molar-refractivity contribution in [1.82, 2.24) is 14.9 Å². The van der Waals surface area contributed by atoms with Gasteiger partial charge in [-0.25, -0.2) is 4.98 Å². The van der Waals surface area contributed by atoms with Crippen LogP contribution in [-0.4, -0.2) is 54.3 Å². The summed E-state index contributed by atoms with van der Waals surface area (Å²) in [5.74, 6) is 0.813. The van der Waals surface area contributed by atoms with Gasteiger partial charge in [0.2, 0.25) is 5.95 Å².